The van der Waals surface area contributed by atoms with Crippen molar-refractivity contribution in [1.29, 1.82) is 0 Å². The molecule has 2 fully saturated rings. The van der Waals surface area contributed by atoms with Crippen molar-refractivity contribution in [1.82, 2.24) is 19.7 Å². The molecule has 2 aromatic heterocycles. The number of aryl methyl sites for hydroxylation is 1. The van der Waals surface area contributed by atoms with E-state index in [9.17, 15) is 4.79 Å². The van der Waals surface area contributed by atoms with Crippen LogP contribution in [0.3, 0.4) is 0 Å². The van der Waals surface area contributed by atoms with Gasteiger partial charge < -0.3 is 9.47 Å². The van der Waals surface area contributed by atoms with Crippen molar-refractivity contribution in [2.24, 2.45) is 7.05 Å². The van der Waals surface area contributed by atoms with Crippen LogP contribution in [-0.2, 0) is 7.05 Å². The van der Waals surface area contributed by atoms with Gasteiger partial charge in [-0.15, -0.1) is 21.5 Å². The van der Waals surface area contributed by atoms with Gasteiger partial charge in [0.05, 0.1) is 11.6 Å². The summed E-state index contributed by atoms with van der Waals surface area (Å²) in [4.78, 5) is 16.4. The zero-order chi connectivity index (χ0) is 16.5. The van der Waals surface area contributed by atoms with Gasteiger partial charge in [-0.25, -0.2) is 0 Å². The van der Waals surface area contributed by atoms with Gasteiger partial charge in [0.1, 0.15) is 6.33 Å². The van der Waals surface area contributed by atoms with E-state index in [0.717, 1.165) is 30.8 Å². The number of hydrogen-bond acceptors (Lipinski definition) is 4. The Balaban J connectivity index is 1.53. The van der Waals surface area contributed by atoms with Gasteiger partial charge in [-0.2, -0.15) is 0 Å². The SMILES string of the molecule is Cn1cnnc1C1CCCN1C(=O)c1csc(C2CCCCC2)c1. The Labute approximate surface area is 146 Å². The average molecular weight is 344 g/mol. The molecule has 5 nitrogen and oxygen atoms in total. The second kappa shape index (κ2) is 6.67. The van der Waals surface area contributed by atoms with E-state index in [0.29, 0.717) is 5.92 Å². The number of nitrogens with zero attached hydrogens (tertiary/aromatic N) is 4. The van der Waals surface area contributed by atoms with Gasteiger partial charge in [0.15, 0.2) is 5.82 Å². The van der Waals surface area contributed by atoms with Crippen molar-refractivity contribution in [3.63, 3.8) is 0 Å². The van der Waals surface area contributed by atoms with E-state index < -0.39 is 0 Å². The lowest BCUT2D eigenvalue weighted by Gasteiger charge is -2.23. The van der Waals surface area contributed by atoms with Gasteiger partial charge in [0.25, 0.3) is 5.91 Å². The summed E-state index contributed by atoms with van der Waals surface area (Å²) >= 11 is 1.76. The van der Waals surface area contributed by atoms with Crippen LogP contribution in [0.5, 0.6) is 0 Å². The first-order valence-electron chi connectivity index (χ1n) is 8.97. The fraction of sp³-hybridized carbons (Fsp3) is 0.611. The van der Waals surface area contributed by atoms with E-state index >= 15 is 0 Å². The quantitative estimate of drug-likeness (QED) is 0.848. The molecule has 1 atom stereocenters. The minimum absolute atomic E-state index is 0.0584. The molecule has 1 aliphatic heterocycles. The van der Waals surface area contributed by atoms with Gasteiger partial charge >= 0.3 is 0 Å². The Hall–Kier alpha value is -1.69. The first-order valence-corrected chi connectivity index (χ1v) is 9.85. The van der Waals surface area contributed by atoms with E-state index in [1.165, 1.54) is 37.0 Å². The summed E-state index contributed by atoms with van der Waals surface area (Å²) in [5, 5.41) is 10.3. The van der Waals surface area contributed by atoms with E-state index in [4.69, 9.17) is 0 Å². The lowest BCUT2D eigenvalue weighted by Crippen LogP contribution is -2.31. The van der Waals surface area contributed by atoms with Crippen LogP contribution in [0.1, 0.15) is 78.0 Å². The van der Waals surface area contributed by atoms with Crippen molar-refractivity contribution in [2.45, 2.75) is 56.9 Å². The van der Waals surface area contributed by atoms with Crippen molar-refractivity contribution in [2.75, 3.05) is 6.54 Å². The van der Waals surface area contributed by atoms with Crippen molar-refractivity contribution in [3.05, 3.63) is 34.0 Å². The van der Waals surface area contributed by atoms with Crippen LogP contribution in [0.15, 0.2) is 17.8 Å². The van der Waals surface area contributed by atoms with Gasteiger partial charge in [0.2, 0.25) is 0 Å². The Bertz CT molecular complexity index is 716. The van der Waals surface area contributed by atoms with Crippen LogP contribution in [0.25, 0.3) is 0 Å². The minimum atomic E-state index is 0.0584. The normalized spacial score (nSPS) is 22.2. The number of carbonyl (C=O) groups is 1. The second-order valence-electron chi connectivity index (χ2n) is 7.03. The Morgan fingerprint density at radius 3 is 2.79 bits per heavy atom. The molecule has 6 heteroatoms. The lowest BCUT2D eigenvalue weighted by molar-refractivity contribution is 0.0728. The van der Waals surface area contributed by atoms with Crippen molar-refractivity contribution < 1.29 is 4.79 Å². The molecule has 1 saturated carbocycles. The molecule has 3 heterocycles. The minimum Gasteiger partial charge on any atom is -0.328 e. The molecular weight excluding hydrogens is 320 g/mol. The fourth-order valence-electron chi connectivity index (χ4n) is 4.10. The Morgan fingerprint density at radius 2 is 2.04 bits per heavy atom. The van der Waals surface area contributed by atoms with Crippen molar-refractivity contribution in [3.8, 4) is 0 Å². The maximum atomic E-state index is 13.0. The molecule has 1 unspecified atom stereocenters. The molecule has 4 rings (SSSR count). The number of aromatic nitrogens is 3. The smallest absolute Gasteiger partial charge is 0.255 e. The lowest BCUT2D eigenvalue weighted by atomic mass is 9.88. The fourth-order valence-corrected chi connectivity index (χ4v) is 5.16. The van der Waals surface area contributed by atoms with Gasteiger partial charge in [-0.3, -0.25) is 4.79 Å². The van der Waals surface area contributed by atoms with Crippen LogP contribution in [0, 0.1) is 0 Å². The molecule has 1 aliphatic carbocycles. The predicted molar refractivity (Wildman–Crippen MR) is 94.2 cm³/mol. The number of carbonyl (C=O) groups excluding carboxylic acids is 1. The third-order valence-corrected chi connectivity index (χ3v) is 6.53. The van der Waals surface area contributed by atoms with Crippen LogP contribution in [0.2, 0.25) is 0 Å². The zero-order valence-corrected chi connectivity index (χ0v) is 15.0. The summed E-state index contributed by atoms with van der Waals surface area (Å²) in [6, 6.07) is 2.21. The molecule has 128 valence electrons. The Kier molecular flexibility index (Phi) is 4.39. The predicted octanol–water partition coefficient (Wildman–Crippen LogP) is 3.90. The Morgan fingerprint density at radius 1 is 1.21 bits per heavy atom. The largest absolute Gasteiger partial charge is 0.328 e. The van der Waals surface area contributed by atoms with Crippen LogP contribution >= 0.6 is 11.3 Å². The highest BCUT2D eigenvalue weighted by Gasteiger charge is 2.34. The molecule has 24 heavy (non-hydrogen) atoms. The molecule has 0 bridgehead atoms. The monoisotopic (exact) mass is 344 g/mol. The molecule has 2 aromatic rings. The third-order valence-electron chi connectivity index (χ3n) is 5.43. The molecule has 0 radical (unpaired) electrons. The number of hydrogen-bond donors (Lipinski definition) is 0. The van der Waals surface area contributed by atoms with E-state index in [2.05, 4.69) is 21.6 Å². The first-order chi connectivity index (χ1) is 11.7. The second-order valence-corrected chi connectivity index (χ2v) is 7.97. The van der Waals surface area contributed by atoms with E-state index in [1.807, 2.05) is 16.5 Å². The number of thiophene rings is 1. The standard InChI is InChI=1S/C18H24N4OS/c1-21-12-19-20-17(21)15-8-5-9-22(15)18(23)14-10-16(24-11-14)13-6-3-2-4-7-13/h10-13,15H,2-9H2,1H3. The topological polar surface area (TPSA) is 51.0 Å². The number of rotatable bonds is 3. The first kappa shape index (κ1) is 15.8. The van der Waals surface area contributed by atoms with Crippen LogP contribution in [0.4, 0.5) is 0 Å². The summed E-state index contributed by atoms with van der Waals surface area (Å²) in [6.07, 6.45) is 10.3. The van der Waals surface area contributed by atoms with E-state index in [1.54, 1.807) is 17.7 Å². The maximum absolute atomic E-state index is 13.0. The summed E-state index contributed by atoms with van der Waals surface area (Å²) in [6.45, 7) is 0.810. The highest BCUT2D eigenvalue weighted by molar-refractivity contribution is 7.10. The maximum Gasteiger partial charge on any atom is 0.255 e. The number of likely N-dealkylation sites (tertiary alicyclic amines) is 1. The third kappa shape index (κ3) is 2.88. The highest BCUT2D eigenvalue weighted by atomic mass is 32.1. The van der Waals surface area contributed by atoms with Gasteiger partial charge in [-0.05, 0) is 37.7 Å². The number of amides is 1. The van der Waals surface area contributed by atoms with Crippen molar-refractivity contribution >= 4 is 17.2 Å². The molecule has 0 N–H and O–H groups in total. The average Bonchev–Trinajstić information content (AvgIpc) is 3.35. The van der Waals surface area contributed by atoms with Crippen LogP contribution < -0.4 is 0 Å². The molecule has 1 saturated heterocycles. The molecule has 0 aromatic carbocycles. The molecule has 2 aliphatic rings. The van der Waals surface area contributed by atoms with Gasteiger partial charge in [0, 0.05) is 23.8 Å². The molecule has 0 spiro atoms. The van der Waals surface area contributed by atoms with Crippen LogP contribution in [-0.4, -0.2) is 32.1 Å². The summed E-state index contributed by atoms with van der Waals surface area (Å²) in [5.74, 6) is 1.71. The highest BCUT2D eigenvalue weighted by Crippen LogP contribution is 2.37. The summed E-state index contributed by atoms with van der Waals surface area (Å²) in [5.41, 5.74) is 0.856. The summed E-state index contributed by atoms with van der Waals surface area (Å²) in [7, 11) is 1.95. The zero-order valence-electron chi connectivity index (χ0n) is 14.1. The summed E-state index contributed by atoms with van der Waals surface area (Å²) < 4.78 is 1.93. The van der Waals surface area contributed by atoms with E-state index in [-0.39, 0.29) is 11.9 Å². The molecule has 1 amide bonds. The molecular formula is C18H24N4OS. The van der Waals surface area contributed by atoms with Gasteiger partial charge in [-0.1, -0.05) is 19.3 Å².